The van der Waals surface area contributed by atoms with Crippen LogP contribution < -0.4 is 0 Å². The largest absolute Gasteiger partial charge is 0.394 e. The van der Waals surface area contributed by atoms with Crippen LogP contribution in [0.15, 0.2) is 42.5 Å². The molecule has 0 amide bonds. The fourth-order valence-electron chi connectivity index (χ4n) is 2.78. The van der Waals surface area contributed by atoms with Crippen LogP contribution in [0.25, 0.3) is 0 Å². The van der Waals surface area contributed by atoms with Crippen molar-refractivity contribution in [3.63, 3.8) is 0 Å². The quantitative estimate of drug-likeness (QED) is 0.806. The second kappa shape index (κ2) is 6.72. The Morgan fingerprint density at radius 3 is 2.78 bits per heavy atom. The normalized spacial score (nSPS) is 22.0. The van der Waals surface area contributed by atoms with E-state index in [0.29, 0.717) is 6.04 Å². The molecule has 1 heterocycles. The van der Waals surface area contributed by atoms with Gasteiger partial charge in [0.2, 0.25) is 0 Å². The van der Waals surface area contributed by atoms with E-state index >= 15 is 0 Å². The van der Waals surface area contributed by atoms with Gasteiger partial charge in [0, 0.05) is 12.6 Å². The average molecular weight is 245 g/mol. The fourth-order valence-corrected chi connectivity index (χ4v) is 2.78. The van der Waals surface area contributed by atoms with Crippen LogP contribution in [0.5, 0.6) is 0 Å². The van der Waals surface area contributed by atoms with Crippen molar-refractivity contribution in [1.29, 1.82) is 0 Å². The molecule has 1 N–H and O–H groups in total. The van der Waals surface area contributed by atoms with E-state index in [1.165, 1.54) is 18.4 Å². The molecule has 0 saturated carbocycles. The van der Waals surface area contributed by atoms with Crippen molar-refractivity contribution in [3.8, 4) is 0 Å². The molecule has 18 heavy (non-hydrogen) atoms. The molecular weight excluding hydrogens is 222 g/mol. The van der Waals surface area contributed by atoms with Gasteiger partial charge in [0.05, 0.1) is 12.6 Å². The number of hydrogen-bond acceptors (Lipinski definition) is 2. The molecule has 0 spiro atoms. The molecule has 1 aromatic carbocycles. The van der Waals surface area contributed by atoms with Crippen molar-refractivity contribution in [1.82, 2.24) is 4.90 Å². The Morgan fingerprint density at radius 2 is 2.11 bits per heavy atom. The molecule has 0 bridgehead atoms. The second-order valence-electron chi connectivity index (χ2n) is 4.92. The molecule has 0 unspecified atom stereocenters. The van der Waals surface area contributed by atoms with Gasteiger partial charge in [-0.25, -0.2) is 0 Å². The van der Waals surface area contributed by atoms with Crippen molar-refractivity contribution in [2.75, 3.05) is 13.2 Å². The van der Waals surface area contributed by atoms with Crippen LogP contribution in [0.2, 0.25) is 0 Å². The third-order valence-electron chi connectivity index (χ3n) is 3.68. The van der Waals surface area contributed by atoms with Crippen molar-refractivity contribution >= 4 is 0 Å². The highest BCUT2D eigenvalue weighted by Gasteiger charge is 2.26. The minimum atomic E-state index is 0.132. The van der Waals surface area contributed by atoms with Gasteiger partial charge in [-0.3, -0.25) is 4.90 Å². The lowest BCUT2D eigenvalue weighted by Gasteiger charge is -2.38. The summed E-state index contributed by atoms with van der Waals surface area (Å²) >= 11 is 0. The Kier molecular flexibility index (Phi) is 4.97. The first kappa shape index (κ1) is 13.3. The van der Waals surface area contributed by atoms with E-state index in [2.05, 4.69) is 36.1 Å². The summed E-state index contributed by atoms with van der Waals surface area (Å²) in [4.78, 5) is 2.44. The molecule has 2 nitrogen and oxygen atoms in total. The van der Waals surface area contributed by atoms with Gasteiger partial charge in [0.15, 0.2) is 0 Å². The van der Waals surface area contributed by atoms with E-state index in [0.717, 1.165) is 13.0 Å². The highest BCUT2D eigenvalue weighted by molar-refractivity contribution is 5.20. The predicted molar refractivity (Wildman–Crippen MR) is 75.4 cm³/mol. The smallest absolute Gasteiger partial charge is 0.0628 e. The monoisotopic (exact) mass is 245 g/mol. The van der Waals surface area contributed by atoms with Crippen molar-refractivity contribution < 1.29 is 5.11 Å². The molecule has 1 aromatic rings. The maximum atomic E-state index is 9.75. The third-order valence-corrected chi connectivity index (χ3v) is 3.68. The van der Waals surface area contributed by atoms with Gasteiger partial charge < -0.3 is 5.11 Å². The van der Waals surface area contributed by atoms with Crippen LogP contribution in [0.4, 0.5) is 0 Å². The van der Waals surface area contributed by atoms with Gasteiger partial charge in [0.1, 0.15) is 0 Å². The summed E-state index contributed by atoms with van der Waals surface area (Å²) in [7, 11) is 0. The SMILES string of the molecule is CCC[C@H]1C=CCCN1[C@@H](CO)c1ccccc1. The van der Waals surface area contributed by atoms with Crippen LogP contribution >= 0.6 is 0 Å². The Labute approximate surface area is 110 Å². The second-order valence-corrected chi connectivity index (χ2v) is 4.92. The van der Waals surface area contributed by atoms with E-state index in [-0.39, 0.29) is 12.6 Å². The van der Waals surface area contributed by atoms with Gasteiger partial charge >= 0.3 is 0 Å². The topological polar surface area (TPSA) is 23.5 Å². The standard InChI is InChI=1S/C16H23NO/c1-2-8-15-11-6-7-12-17(15)16(13-18)14-9-4-3-5-10-14/h3-6,9-11,15-16,18H,2,7-8,12-13H2,1H3/t15-,16-/m0/s1. The zero-order valence-corrected chi connectivity index (χ0v) is 11.1. The van der Waals surface area contributed by atoms with Crippen molar-refractivity contribution in [3.05, 3.63) is 48.0 Å². The minimum absolute atomic E-state index is 0.132. The molecule has 98 valence electrons. The van der Waals surface area contributed by atoms with Gasteiger partial charge in [-0.2, -0.15) is 0 Å². The summed E-state index contributed by atoms with van der Waals surface area (Å²) in [5.41, 5.74) is 1.22. The molecule has 1 aliphatic rings. The molecule has 0 aromatic heterocycles. The van der Waals surface area contributed by atoms with E-state index in [1.54, 1.807) is 0 Å². The van der Waals surface area contributed by atoms with Crippen LogP contribution in [0.3, 0.4) is 0 Å². The molecule has 0 saturated heterocycles. The lowest BCUT2D eigenvalue weighted by atomic mass is 9.98. The fraction of sp³-hybridized carbons (Fsp3) is 0.500. The highest BCUT2D eigenvalue weighted by Crippen LogP contribution is 2.27. The molecule has 2 heteroatoms. The Morgan fingerprint density at radius 1 is 1.33 bits per heavy atom. The predicted octanol–water partition coefficient (Wildman–Crippen LogP) is 3.15. The van der Waals surface area contributed by atoms with E-state index in [4.69, 9.17) is 0 Å². The Hall–Kier alpha value is -1.12. The summed E-state index contributed by atoms with van der Waals surface area (Å²) in [6.07, 6.45) is 8.01. The summed E-state index contributed by atoms with van der Waals surface area (Å²) in [5.74, 6) is 0. The lowest BCUT2D eigenvalue weighted by molar-refractivity contribution is 0.0922. The number of nitrogens with zero attached hydrogens (tertiary/aromatic N) is 1. The van der Waals surface area contributed by atoms with Crippen LogP contribution in [0.1, 0.15) is 37.8 Å². The average Bonchev–Trinajstić information content (AvgIpc) is 2.43. The number of hydrogen-bond donors (Lipinski definition) is 1. The Bertz CT molecular complexity index is 374. The maximum Gasteiger partial charge on any atom is 0.0628 e. The van der Waals surface area contributed by atoms with E-state index in [1.807, 2.05) is 18.2 Å². The molecule has 2 rings (SSSR count). The molecule has 0 radical (unpaired) electrons. The summed E-state index contributed by atoms with van der Waals surface area (Å²) in [5, 5.41) is 9.75. The Balaban J connectivity index is 2.18. The first-order valence-electron chi connectivity index (χ1n) is 6.95. The number of rotatable bonds is 5. The zero-order chi connectivity index (χ0) is 12.8. The minimum Gasteiger partial charge on any atom is -0.394 e. The van der Waals surface area contributed by atoms with E-state index < -0.39 is 0 Å². The third kappa shape index (κ3) is 3.01. The van der Waals surface area contributed by atoms with Crippen molar-refractivity contribution in [2.24, 2.45) is 0 Å². The first-order valence-corrected chi connectivity index (χ1v) is 6.95. The first-order chi connectivity index (χ1) is 8.86. The molecule has 2 atom stereocenters. The molecule has 0 aliphatic carbocycles. The molecule has 1 aliphatic heterocycles. The van der Waals surface area contributed by atoms with E-state index in [9.17, 15) is 5.11 Å². The van der Waals surface area contributed by atoms with Gasteiger partial charge in [0.25, 0.3) is 0 Å². The van der Waals surface area contributed by atoms with Crippen molar-refractivity contribution in [2.45, 2.75) is 38.3 Å². The van der Waals surface area contributed by atoms with Gasteiger partial charge in [-0.1, -0.05) is 55.8 Å². The highest BCUT2D eigenvalue weighted by atomic mass is 16.3. The lowest BCUT2D eigenvalue weighted by Crippen LogP contribution is -2.41. The van der Waals surface area contributed by atoms with Gasteiger partial charge in [-0.05, 0) is 18.4 Å². The van der Waals surface area contributed by atoms with Crippen LogP contribution in [-0.2, 0) is 0 Å². The van der Waals surface area contributed by atoms with Crippen LogP contribution in [-0.4, -0.2) is 29.2 Å². The molecular formula is C16H23NO. The van der Waals surface area contributed by atoms with Gasteiger partial charge in [-0.15, -0.1) is 0 Å². The number of aliphatic hydroxyl groups excluding tert-OH is 1. The maximum absolute atomic E-state index is 9.75. The van der Waals surface area contributed by atoms with Crippen LogP contribution in [0, 0.1) is 0 Å². The molecule has 0 fully saturated rings. The number of benzene rings is 1. The zero-order valence-electron chi connectivity index (χ0n) is 11.1. The summed E-state index contributed by atoms with van der Waals surface area (Å²) in [6.45, 7) is 3.45. The summed E-state index contributed by atoms with van der Waals surface area (Å²) in [6, 6.07) is 11.0. The summed E-state index contributed by atoms with van der Waals surface area (Å²) < 4.78 is 0. The number of aliphatic hydroxyl groups is 1.